The molecule has 8 heteroatoms. The molecule has 1 aromatic heterocycles. The summed E-state index contributed by atoms with van der Waals surface area (Å²) in [6, 6.07) is 7.45. The monoisotopic (exact) mass is 381 g/mol. The molecule has 0 spiro atoms. The largest absolute Gasteiger partial charge is 0.487 e. The average molecular weight is 382 g/mol. The van der Waals surface area contributed by atoms with Gasteiger partial charge in [-0.3, -0.25) is 4.99 Å². The number of hydrogen-bond donors (Lipinski definition) is 2. The fourth-order valence-electron chi connectivity index (χ4n) is 2.02. The number of para-hydroxylation sites is 1. The highest BCUT2D eigenvalue weighted by atomic mass is 35.5. The molecule has 0 saturated carbocycles. The van der Waals surface area contributed by atoms with Crippen LogP contribution in [0.3, 0.4) is 0 Å². The van der Waals surface area contributed by atoms with Crippen molar-refractivity contribution in [1.29, 1.82) is 0 Å². The first-order valence-electron chi connectivity index (χ1n) is 7.97. The third-order valence-corrected chi connectivity index (χ3v) is 4.67. The van der Waals surface area contributed by atoms with Gasteiger partial charge < -0.3 is 20.3 Å². The number of aliphatic imine (C=N–C) groups is 1. The molecule has 1 unspecified atom stereocenters. The summed E-state index contributed by atoms with van der Waals surface area (Å²) in [5.74, 6) is 1.38. The Hall–Kier alpha value is -1.99. The van der Waals surface area contributed by atoms with Gasteiger partial charge in [-0.05, 0) is 19.1 Å². The van der Waals surface area contributed by atoms with Crippen molar-refractivity contribution in [1.82, 2.24) is 15.6 Å². The van der Waals surface area contributed by atoms with Gasteiger partial charge in [-0.15, -0.1) is 11.3 Å². The van der Waals surface area contributed by atoms with Gasteiger partial charge in [0.25, 0.3) is 0 Å². The second-order valence-electron chi connectivity index (χ2n) is 5.68. The van der Waals surface area contributed by atoms with E-state index in [1.165, 1.54) is 0 Å². The molecule has 0 amide bonds. The van der Waals surface area contributed by atoms with Crippen molar-refractivity contribution in [2.45, 2.75) is 19.6 Å². The molecule has 0 aliphatic heterocycles. The highest BCUT2D eigenvalue weighted by Gasteiger charge is 2.09. The summed E-state index contributed by atoms with van der Waals surface area (Å²) in [6.07, 6.45) is -0.0573. The van der Waals surface area contributed by atoms with E-state index in [0.717, 1.165) is 10.8 Å². The van der Waals surface area contributed by atoms with Gasteiger partial charge in [-0.25, -0.2) is 4.98 Å². The molecule has 0 fully saturated rings. The van der Waals surface area contributed by atoms with Gasteiger partial charge in [0.2, 0.25) is 0 Å². The van der Waals surface area contributed by atoms with Crippen molar-refractivity contribution in [2.75, 3.05) is 32.6 Å². The highest BCUT2D eigenvalue weighted by Crippen LogP contribution is 2.24. The molecule has 136 valence electrons. The number of thiazole rings is 1. The molecule has 0 aliphatic carbocycles. The standard InChI is InChI=1S/C17H24ClN5OS/c1-12(24-15-8-6-5-7-14(15)18)9-20-16(19-2)21-10-13-11-25-17(22-13)23(3)4/h5-8,11-12H,9-10H2,1-4H3,(H2,19,20,21). The van der Waals surface area contributed by atoms with Gasteiger partial charge in [0.05, 0.1) is 23.8 Å². The van der Waals surface area contributed by atoms with Crippen molar-refractivity contribution in [3.8, 4) is 5.75 Å². The van der Waals surface area contributed by atoms with Crippen LogP contribution < -0.4 is 20.3 Å². The van der Waals surface area contributed by atoms with Crippen LogP contribution in [-0.4, -0.2) is 44.7 Å². The van der Waals surface area contributed by atoms with E-state index in [-0.39, 0.29) is 6.10 Å². The van der Waals surface area contributed by atoms with Gasteiger partial charge in [-0.2, -0.15) is 0 Å². The highest BCUT2D eigenvalue weighted by molar-refractivity contribution is 7.13. The van der Waals surface area contributed by atoms with E-state index in [2.05, 4.69) is 20.6 Å². The number of rotatable bonds is 7. The maximum Gasteiger partial charge on any atom is 0.191 e. The van der Waals surface area contributed by atoms with Crippen LogP contribution in [0.25, 0.3) is 0 Å². The Morgan fingerprint density at radius 1 is 1.36 bits per heavy atom. The zero-order chi connectivity index (χ0) is 18.2. The topological polar surface area (TPSA) is 61.8 Å². The van der Waals surface area contributed by atoms with E-state index >= 15 is 0 Å². The fraction of sp³-hybridized carbons (Fsp3) is 0.412. The molecule has 2 rings (SSSR count). The summed E-state index contributed by atoms with van der Waals surface area (Å²) >= 11 is 7.73. The van der Waals surface area contributed by atoms with E-state index in [0.29, 0.717) is 29.8 Å². The van der Waals surface area contributed by atoms with Crippen LogP contribution in [0.4, 0.5) is 5.13 Å². The van der Waals surface area contributed by atoms with E-state index < -0.39 is 0 Å². The van der Waals surface area contributed by atoms with Gasteiger partial charge >= 0.3 is 0 Å². The third-order valence-electron chi connectivity index (χ3n) is 3.30. The lowest BCUT2D eigenvalue weighted by Gasteiger charge is -2.18. The van der Waals surface area contributed by atoms with Crippen LogP contribution in [-0.2, 0) is 6.54 Å². The van der Waals surface area contributed by atoms with Gasteiger partial charge in [-0.1, -0.05) is 23.7 Å². The number of aromatic nitrogens is 1. The molecule has 1 heterocycles. The Morgan fingerprint density at radius 3 is 2.76 bits per heavy atom. The SMILES string of the molecule is CN=C(NCc1csc(N(C)C)n1)NCC(C)Oc1ccccc1Cl. The van der Waals surface area contributed by atoms with Crippen molar-refractivity contribution in [2.24, 2.45) is 4.99 Å². The fourth-order valence-corrected chi connectivity index (χ4v) is 2.96. The summed E-state index contributed by atoms with van der Waals surface area (Å²) in [5, 5.41) is 10.1. The zero-order valence-corrected chi connectivity index (χ0v) is 16.5. The van der Waals surface area contributed by atoms with Crippen LogP contribution in [0.15, 0.2) is 34.6 Å². The number of ether oxygens (including phenoxy) is 1. The van der Waals surface area contributed by atoms with Crippen LogP contribution in [0, 0.1) is 0 Å². The first-order valence-corrected chi connectivity index (χ1v) is 9.22. The molecule has 2 N–H and O–H groups in total. The van der Waals surface area contributed by atoms with Gasteiger partial charge in [0.1, 0.15) is 11.9 Å². The van der Waals surface area contributed by atoms with Crippen LogP contribution in [0.1, 0.15) is 12.6 Å². The number of guanidine groups is 1. The molecule has 0 bridgehead atoms. The van der Waals surface area contributed by atoms with Crippen LogP contribution in [0.5, 0.6) is 5.75 Å². The summed E-state index contributed by atoms with van der Waals surface area (Å²) in [7, 11) is 5.70. The summed E-state index contributed by atoms with van der Waals surface area (Å²) in [6.45, 7) is 3.20. The average Bonchev–Trinajstić information content (AvgIpc) is 3.06. The van der Waals surface area contributed by atoms with Crippen LogP contribution in [0.2, 0.25) is 5.02 Å². The molecule has 1 aromatic carbocycles. The van der Waals surface area contributed by atoms with E-state index in [9.17, 15) is 0 Å². The Bertz CT molecular complexity index is 704. The minimum absolute atomic E-state index is 0.0573. The molecule has 0 aliphatic rings. The molecular formula is C17H24ClN5OS. The lowest BCUT2D eigenvalue weighted by molar-refractivity contribution is 0.224. The van der Waals surface area contributed by atoms with Crippen molar-refractivity contribution in [3.63, 3.8) is 0 Å². The zero-order valence-electron chi connectivity index (χ0n) is 14.9. The normalized spacial score (nSPS) is 12.6. The number of nitrogens with zero attached hydrogens (tertiary/aromatic N) is 3. The third kappa shape index (κ3) is 6.10. The van der Waals surface area contributed by atoms with E-state index in [4.69, 9.17) is 16.3 Å². The maximum atomic E-state index is 6.11. The number of anilines is 1. The summed E-state index contributed by atoms with van der Waals surface area (Å²) in [5.41, 5.74) is 0.983. The smallest absolute Gasteiger partial charge is 0.191 e. The summed E-state index contributed by atoms with van der Waals surface area (Å²) in [4.78, 5) is 10.8. The minimum Gasteiger partial charge on any atom is -0.487 e. The Labute approximate surface area is 157 Å². The van der Waals surface area contributed by atoms with Crippen LogP contribution >= 0.6 is 22.9 Å². The molecular weight excluding hydrogens is 358 g/mol. The Morgan fingerprint density at radius 2 is 2.12 bits per heavy atom. The maximum absolute atomic E-state index is 6.11. The Kier molecular flexibility index (Phi) is 7.33. The molecule has 1 atom stereocenters. The first-order chi connectivity index (χ1) is 12.0. The number of halogens is 1. The quantitative estimate of drug-likeness (QED) is 0.570. The number of nitrogens with one attached hydrogen (secondary N) is 2. The second kappa shape index (κ2) is 9.48. The van der Waals surface area contributed by atoms with Crippen molar-refractivity contribution >= 4 is 34.0 Å². The Balaban J connectivity index is 1.78. The molecule has 6 nitrogen and oxygen atoms in total. The van der Waals surface area contributed by atoms with Gasteiger partial charge in [0.15, 0.2) is 11.1 Å². The predicted molar refractivity (Wildman–Crippen MR) is 106 cm³/mol. The summed E-state index contributed by atoms with van der Waals surface area (Å²) < 4.78 is 5.84. The lowest BCUT2D eigenvalue weighted by Crippen LogP contribution is -2.41. The number of hydrogen-bond acceptors (Lipinski definition) is 5. The van der Waals surface area contributed by atoms with Gasteiger partial charge in [0, 0.05) is 26.5 Å². The molecule has 0 saturated heterocycles. The van der Waals surface area contributed by atoms with E-state index in [1.807, 2.05) is 55.6 Å². The van der Waals surface area contributed by atoms with Crippen molar-refractivity contribution in [3.05, 3.63) is 40.4 Å². The number of benzene rings is 1. The van der Waals surface area contributed by atoms with E-state index in [1.54, 1.807) is 18.4 Å². The molecule has 2 aromatic rings. The minimum atomic E-state index is -0.0573. The van der Waals surface area contributed by atoms with Crippen molar-refractivity contribution < 1.29 is 4.74 Å². The molecule has 25 heavy (non-hydrogen) atoms. The first kappa shape index (κ1) is 19.3. The molecule has 0 radical (unpaired) electrons. The lowest BCUT2D eigenvalue weighted by atomic mass is 10.3. The predicted octanol–water partition coefficient (Wildman–Crippen LogP) is 3.00. The second-order valence-corrected chi connectivity index (χ2v) is 6.93.